The summed E-state index contributed by atoms with van der Waals surface area (Å²) in [4.78, 5) is 16.4. The van der Waals surface area contributed by atoms with Gasteiger partial charge in [-0.15, -0.1) is 0 Å². The lowest BCUT2D eigenvalue weighted by atomic mass is 9.92. The van der Waals surface area contributed by atoms with Crippen molar-refractivity contribution in [2.45, 2.75) is 38.6 Å². The lowest BCUT2D eigenvalue weighted by Crippen LogP contribution is -2.20. The quantitative estimate of drug-likeness (QED) is 0.805. The van der Waals surface area contributed by atoms with Gasteiger partial charge in [-0.3, -0.25) is 4.79 Å². The van der Waals surface area contributed by atoms with E-state index in [1.165, 1.54) is 12.3 Å². The molecule has 0 radical (unpaired) electrons. The molecule has 1 amide bonds. The Morgan fingerprint density at radius 2 is 2.08 bits per heavy atom. The Kier molecular flexibility index (Phi) is 4.83. The first-order valence-corrected chi connectivity index (χ1v) is 10.5. The van der Waals surface area contributed by atoms with E-state index in [1.807, 2.05) is 20.8 Å². The van der Waals surface area contributed by atoms with Crippen molar-refractivity contribution in [1.29, 1.82) is 0 Å². The molecule has 1 atom stereocenters. The number of hydrogen-bond donors (Lipinski definition) is 1. The maximum atomic E-state index is 12.6. The molecule has 0 spiro atoms. The van der Waals surface area contributed by atoms with E-state index in [2.05, 4.69) is 15.4 Å². The first kappa shape index (κ1) is 18.8. The van der Waals surface area contributed by atoms with Gasteiger partial charge < -0.3 is 5.32 Å². The minimum atomic E-state index is -3.07. The summed E-state index contributed by atoms with van der Waals surface area (Å²) in [5.41, 5.74) is 0.918. The standard InChI is InChI=1S/C17H21ClN4O3S/c1-17(2,3)13-9-15(20-16(23)11-4-6-19-14(18)8-11)22(21-13)12-5-7-26(24,25)10-12/h4,6,8-9,12H,5,7,10H2,1-3H3,(H,20,23)/t12-/m1/s1. The molecule has 2 aromatic heterocycles. The molecule has 0 bridgehead atoms. The van der Waals surface area contributed by atoms with Gasteiger partial charge in [0, 0.05) is 23.2 Å². The number of halogens is 1. The van der Waals surface area contributed by atoms with E-state index < -0.39 is 9.84 Å². The Labute approximate surface area is 157 Å². The lowest BCUT2D eigenvalue weighted by Gasteiger charge is -2.15. The average Bonchev–Trinajstić information content (AvgIpc) is 3.10. The number of hydrogen-bond acceptors (Lipinski definition) is 5. The van der Waals surface area contributed by atoms with Crippen LogP contribution in [0.1, 0.15) is 49.3 Å². The van der Waals surface area contributed by atoms with Crippen molar-refractivity contribution in [1.82, 2.24) is 14.8 Å². The number of carbonyl (C=O) groups excluding carboxylic acids is 1. The molecular formula is C17H21ClN4O3S. The maximum Gasteiger partial charge on any atom is 0.256 e. The highest BCUT2D eigenvalue weighted by atomic mass is 35.5. The van der Waals surface area contributed by atoms with Crippen molar-refractivity contribution >= 4 is 33.2 Å². The van der Waals surface area contributed by atoms with Crippen molar-refractivity contribution in [2.75, 3.05) is 16.8 Å². The molecule has 7 nitrogen and oxygen atoms in total. The smallest absolute Gasteiger partial charge is 0.256 e. The summed E-state index contributed by atoms with van der Waals surface area (Å²) in [7, 11) is -3.07. The number of rotatable bonds is 3. The summed E-state index contributed by atoms with van der Waals surface area (Å²) in [6.07, 6.45) is 1.94. The second kappa shape index (κ2) is 6.66. The van der Waals surface area contributed by atoms with Gasteiger partial charge in [-0.1, -0.05) is 32.4 Å². The number of nitrogens with zero attached hydrogens (tertiary/aromatic N) is 3. The van der Waals surface area contributed by atoms with Gasteiger partial charge in [0.05, 0.1) is 23.2 Å². The van der Waals surface area contributed by atoms with Crippen LogP contribution >= 0.6 is 11.6 Å². The van der Waals surface area contributed by atoms with Crippen molar-refractivity contribution in [3.63, 3.8) is 0 Å². The third-order valence-corrected chi connectivity index (χ3v) is 6.25. The van der Waals surface area contributed by atoms with Gasteiger partial charge in [0.25, 0.3) is 5.91 Å². The summed E-state index contributed by atoms with van der Waals surface area (Å²) in [5, 5.41) is 7.65. The summed E-state index contributed by atoms with van der Waals surface area (Å²) >= 11 is 5.85. The highest BCUT2D eigenvalue weighted by Gasteiger charge is 2.33. The van der Waals surface area contributed by atoms with E-state index >= 15 is 0 Å². The van der Waals surface area contributed by atoms with Crippen LogP contribution in [0.4, 0.5) is 5.82 Å². The largest absolute Gasteiger partial charge is 0.307 e. The molecule has 0 saturated carbocycles. The average molecular weight is 397 g/mol. The predicted molar refractivity (Wildman–Crippen MR) is 100 cm³/mol. The van der Waals surface area contributed by atoms with Crippen molar-refractivity contribution in [2.24, 2.45) is 0 Å². The number of aromatic nitrogens is 3. The van der Waals surface area contributed by atoms with Crippen LogP contribution in [0, 0.1) is 0 Å². The number of carbonyl (C=O) groups is 1. The van der Waals surface area contributed by atoms with Crippen LogP contribution in [0.5, 0.6) is 0 Å². The second-order valence-electron chi connectivity index (χ2n) is 7.49. The van der Waals surface area contributed by atoms with Gasteiger partial charge >= 0.3 is 0 Å². The number of pyridine rings is 1. The molecule has 1 N–H and O–H groups in total. The second-order valence-corrected chi connectivity index (χ2v) is 10.1. The van der Waals surface area contributed by atoms with Gasteiger partial charge in [-0.2, -0.15) is 5.10 Å². The molecule has 0 aromatic carbocycles. The Hall–Kier alpha value is -1.93. The molecule has 0 unspecified atom stereocenters. The number of nitrogens with one attached hydrogen (secondary N) is 1. The molecule has 1 aliphatic heterocycles. The van der Waals surface area contributed by atoms with Gasteiger partial charge in [-0.25, -0.2) is 18.1 Å². The van der Waals surface area contributed by atoms with Gasteiger partial charge in [0.2, 0.25) is 0 Å². The van der Waals surface area contributed by atoms with Crippen molar-refractivity contribution in [3.8, 4) is 0 Å². The Balaban J connectivity index is 1.94. The van der Waals surface area contributed by atoms with Crippen molar-refractivity contribution < 1.29 is 13.2 Å². The van der Waals surface area contributed by atoms with E-state index in [9.17, 15) is 13.2 Å². The fourth-order valence-corrected chi connectivity index (χ4v) is 4.70. The van der Waals surface area contributed by atoms with E-state index in [1.54, 1.807) is 16.8 Å². The van der Waals surface area contributed by atoms with E-state index in [0.717, 1.165) is 5.69 Å². The molecule has 1 aliphatic rings. The third kappa shape index (κ3) is 4.07. The monoisotopic (exact) mass is 396 g/mol. The SMILES string of the molecule is CC(C)(C)c1cc(NC(=O)c2ccnc(Cl)c2)n([C@@H]2CCS(=O)(=O)C2)n1. The van der Waals surface area contributed by atoms with E-state index in [0.29, 0.717) is 17.8 Å². The van der Waals surface area contributed by atoms with Gasteiger partial charge in [0.1, 0.15) is 11.0 Å². The topological polar surface area (TPSA) is 94.0 Å². The third-order valence-electron chi connectivity index (χ3n) is 4.29. The molecule has 9 heteroatoms. The fraction of sp³-hybridized carbons (Fsp3) is 0.471. The molecule has 3 heterocycles. The molecule has 0 aliphatic carbocycles. The first-order chi connectivity index (χ1) is 12.0. The number of anilines is 1. The molecule has 2 aromatic rings. The minimum absolute atomic E-state index is 0.0300. The normalized spacial score (nSPS) is 19.5. The molecule has 3 rings (SSSR count). The van der Waals surface area contributed by atoms with Crippen LogP contribution < -0.4 is 5.32 Å². The van der Waals surface area contributed by atoms with Crippen LogP contribution in [-0.4, -0.2) is 40.6 Å². The van der Waals surface area contributed by atoms with E-state index in [4.69, 9.17) is 11.6 Å². The van der Waals surface area contributed by atoms with Crippen LogP contribution in [0.2, 0.25) is 5.15 Å². The summed E-state index contributed by atoms with van der Waals surface area (Å²) < 4.78 is 25.4. The zero-order valence-corrected chi connectivity index (χ0v) is 16.4. The highest BCUT2D eigenvalue weighted by Crippen LogP contribution is 2.31. The molecule has 1 saturated heterocycles. The Morgan fingerprint density at radius 3 is 2.65 bits per heavy atom. The molecule has 26 heavy (non-hydrogen) atoms. The maximum absolute atomic E-state index is 12.6. The fourth-order valence-electron chi connectivity index (χ4n) is 2.83. The van der Waals surface area contributed by atoms with E-state index in [-0.39, 0.29) is 34.0 Å². The lowest BCUT2D eigenvalue weighted by molar-refractivity contribution is 0.102. The molecular weight excluding hydrogens is 376 g/mol. The molecule has 1 fully saturated rings. The zero-order chi connectivity index (χ0) is 19.1. The van der Waals surface area contributed by atoms with Gasteiger partial charge in [0.15, 0.2) is 9.84 Å². The minimum Gasteiger partial charge on any atom is -0.307 e. The summed E-state index contributed by atoms with van der Waals surface area (Å²) in [6, 6.07) is 4.55. The van der Waals surface area contributed by atoms with Gasteiger partial charge in [-0.05, 0) is 18.6 Å². The zero-order valence-electron chi connectivity index (χ0n) is 14.9. The number of sulfone groups is 1. The highest BCUT2D eigenvalue weighted by molar-refractivity contribution is 7.91. The van der Waals surface area contributed by atoms with Crippen LogP contribution in [0.3, 0.4) is 0 Å². The summed E-state index contributed by atoms with van der Waals surface area (Å²) in [5.74, 6) is 0.296. The first-order valence-electron chi connectivity index (χ1n) is 8.28. The van der Waals surface area contributed by atoms with Crippen LogP contribution in [0.25, 0.3) is 0 Å². The summed E-state index contributed by atoms with van der Waals surface area (Å²) in [6.45, 7) is 6.04. The van der Waals surface area contributed by atoms with Crippen LogP contribution in [0.15, 0.2) is 24.4 Å². The molecule has 140 valence electrons. The Bertz CT molecular complexity index is 947. The van der Waals surface area contributed by atoms with Crippen LogP contribution in [-0.2, 0) is 15.3 Å². The predicted octanol–water partition coefficient (Wildman–Crippen LogP) is 2.84. The number of amides is 1. The Morgan fingerprint density at radius 1 is 1.35 bits per heavy atom. The van der Waals surface area contributed by atoms with Crippen molar-refractivity contribution in [3.05, 3.63) is 40.8 Å².